The second kappa shape index (κ2) is 8.42. The number of fused-ring (bicyclic) bond motifs is 4. The lowest BCUT2D eigenvalue weighted by molar-refractivity contribution is -0.141. The Balaban J connectivity index is 1.51. The molecule has 2 amide bonds. The summed E-state index contributed by atoms with van der Waals surface area (Å²) in [6.07, 6.45) is 4.11. The maximum Gasteiger partial charge on any atom is 0.238 e. The topological polar surface area (TPSA) is 71.5 Å². The van der Waals surface area contributed by atoms with Crippen molar-refractivity contribution in [3.63, 3.8) is 0 Å². The Morgan fingerprint density at radius 3 is 2.43 bits per heavy atom. The van der Waals surface area contributed by atoms with Crippen molar-refractivity contribution in [1.29, 1.82) is 0 Å². The van der Waals surface area contributed by atoms with E-state index in [1.807, 2.05) is 19.1 Å². The predicted molar refractivity (Wildman–Crippen MR) is 139 cm³/mol. The molecule has 6 rings (SSSR count). The van der Waals surface area contributed by atoms with Gasteiger partial charge in [0.2, 0.25) is 11.8 Å². The summed E-state index contributed by atoms with van der Waals surface area (Å²) in [7, 11) is 0. The minimum Gasteiger partial charge on any atom is -0.294 e. The summed E-state index contributed by atoms with van der Waals surface area (Å²) in [6.45, 7) is 3.49. The van der Waals surface area contributed by atoms with Crippen molar-refractivity contribution in [3.05, 3.63) is 87.7 Å². The van der Waals surface area contributed by atoms with Gasteiger partial charge in [0.1, 0.15) is 5.82 Å². The highest BCUT2D eigenvalue weighted by molar-refractivity contribution is 9.10. The van der Waals surface area contributed by atoms with Gasteiger partial charge in [-0.3, -0.25) is 24.1 Å². The third kappa shape index (κ3) is 3.32. The molecule has 2 fully saturated rings. The van der Waals surface area contributed by atoms with Crippen molar-refractivity contribution < 1.29 is 23.6 Å². The molecule has 6 atom stereocenters. The van der Waals surface area contributed by atoms with E-state index in [9.17, 15) is 23.6 Å². The number of hydrogen-bond donors (Lipinski definition) is 0. The average molecular weight is 562 g/mol. The van der Waals surface area contributed by atoms with Crippen molar-refractivity contribution in [1.82, 2.24) is 0 Å². The van der Waals surface area contributed by atoms with Gasteiger partial charge < -0.3 is 0 Å². The van der Waals surface area contributed by atoms with Crippen molar-refractivity contribution in [2.75, 3.05) is 4.90 Å². The molecule has 0 spiro atoms. The first-order chi connectivity index (χ1) is 17.6. The molecule has 2 aromatic rings. The zero-order valence-corrected chi connectivity index (χ0v) is 22.0. The summed E-state index contributed by atoms with van der Waals surface area (Å²) in [5.74, 6) is -3.83. The maximum atomic E-state index is 14.2. The van der Waals surface area contributed by atoms with Crippen LogP contribution < -0.4 is 4.90 Å². The van der Waals surface area contributed by atoms with Gasteiger partial charge in [0.15, 0.2) is 11.6 Å². The molecule has 3 aliphatic carbocycles. The van der Waals surface area contributed by atoms with Gasteiger partial charge in [0, 0.05) is 11.8 Å². The molecule has 1 aliphatic heterocycles. The molecule has 0 N–H and O–H groups in total. The number of Topliss-reactive ketones (excluding diaryl/α,β-unsaturated/α-hetero) is 1. The molecular weight excluding hydrogens is 537 g/mol. The van der Waals surface area contributed by atoms with Gasteiger partial charge in [-0.05, 0) is 83.1 Å². The predicted octanol–water partition coefficient (Wildman–Crippen LogP) is 5.55. The molecule has 3 unspecified atom stereocenters. The first-order valence-electron chi connectivity index (χ1n) is 12.5. The van der Waals surface area contributed by atoms with E-state index in [4.69, 9.17) is 0 Å². The second-order valence-electron chi connectivity index (χ2n) is 10.8. The third-order valence-electron chi connectivity index (χ3n) is 8.93. The highest BCUT2D eigenvalue weighted by Crippen LogP contribution is 2.62. The van der Waals surface area contributed by atoms with Crippen LogP contribution in [0.3, 0.4) is 0 Å². The zero-order valence-electron chi connectivity index (χ0n) is 20.4. The van der Waals surface area contributed by atoms with Crippen LogP contribution in [0.1, 0.15) is 38.2 Å². The molecule has 7 heteroatoms. The van der Waals surface area contributed by atoms with Crippen LogP contribution in [0.5, 0.6) is 0 Å². The zero-order chi connectivity index (χ0) is 26.2. The molecule has 0 radical (unpaired) electrons. The van der Waals surface area contributed by atoms with Gasteiger partial charge in [-0.15, -0.1) is 0 Å². The number of allylic oxidation sites excluding steroid dienone is 4. The number of carbonyl (C=O) groups excluding carboxylic acids is 4. The second-order valence-corrected chi connectivity index (χ2v) is 11.6. The Labute approximate surface area is 222 Å². The van der Waals surface area contributed by atoms with Crippen LogP contribution in [0.4, 0.5) is 10.1 Å². The summed E-state index contributed by atoms with van der Waals surface area (Å²) >= 11 is 3.28. The van der Waals surface area contributed by atoms with E-state index in [0.29, 0.717) is 29.7 Å². The van der Waals surface area contributed by atoms with E-state index in [1.54, 1.807) is 43.3 Å². The van der Waals surface area contributed by atoms with E-state index < -0.39 is 34.9 Å². The average Bonchev–Trinajstić information content (AvgIpc) is 3.14. The van der Waals surface area contributed by atoms with Crippen LogP contribution >= 0.6 is 15.9 Å². The SMILES string of the molecule is CC1=CC(=O)[C@@H]2CC3C(=CCC4C(=O)N(c5ccccc5)C(=O)C43)[C@H](c3ccc(F)c(Br)c3)[C@]2(C)C1=O. The Morgan fingerprint density at radius 1 is 1.00 bits per heavy atom. The minimum atomic E-state index is -1.08. The van der Waals surface area contributed by atoms with Crippen LogP contribution in [0.15, 0.2) is 76.3 Å². The number of nitrogens with zero attached hydrogens (tertiary/aromatic N) is 1. The summed E-state index contributed by atoms with van der Waals surface area (Å²) in [4.78, 5) is 55.7. The number of halogens is 2. The molecule has 188 valence electrons. The number of ketones is 2. The Hall–Kier alpha value is -3.19. The smallest absolute Gasteiger partial charge is 0.238 e. The number of anilines is 1. The normalized spacial score (nSPS) is 33.0. The first-order valence-corrected chi connectivity index (χ1v) is 13.3. The molecule has 1 saturated heterocycles. The Bertz CT molecular complexity index is 1450. The fourth-order valence-corrected chi connectivity index (χ4v) is 7.70. The number of rotatable bonds is 2. The number of carbonyl (C=O) groups is 4. The van der Waals surface area contributed by atoms with Crippen molar-refractivity contribution in [2.45, 2.75) is 32.6 Å². The number of para-hydroxylation sites is 1. The van der Waals surface area contributed by atoms with Gasteiger partial charge in [-0.25, -0.2) is 4.39 Å². The van der Waals surface area contributed by atoms with Gasteiger partial charge in [-0.1, -0.05) is 42.8 Å². The molecule has 37 heavy (non-hydrogen) atoms. The molecule has 0 aromatic heterocycles. The third-order valence-corrected chi connectivity index (χ3v) is 9.54. The van der Waals surface area contributed by atoms with Gasteiger partial charge in [0.25, 0.3) is 0 Å². The van der Waals surface area contributed by atoms with Gasteiger partial charge in [0.05, 0.1) is 27.4 Å². The standard InChI is InChI=1S/C30H25BrFNO4/c1-15-12-24(34)21-14-20-18(26(30(21,2)27(15)35)16-8-11-23(32)22(31)13-16)9-10-19-25(20)29(37)33(28(19)36)17-6-4-3-5-7-17/h3-9,11-13,19-21,25-26H,10,14H2,1-2H3/t19?,20?,21-,25?,26-,30+/m0/s1. The van der Waals surface area contributed by atoms with Crippen LogP contribution in [-0.2, 0) is 19.2 Å². The van der Waals surface area contributed by atoms with E-state index in [1.165, 1.54) is 17.0 Å². The molecular formula is C30H25BrFNO4. The van der Waals surface area contributed by atoms with Crippen molar-refractivity contribution >= 4 is 45.0 Å². The fraction of sp³-hybridized carbons (Fsp3) is 0.333. The summed E-state index contributed by atoms with van der Waals surface area (Å²) in [5, 5.41) is 0. The molecule has 1 heterocycles. The van der Waals surface area contributed by atoms with Crippen LogP contribution in [0.25, 0.3) is 0 Å². The van der Waals surface area contributed by atoms with E-state index in [2.05, 4.69) is 15.9 Å². The van der Waals surface area contributed by atoms with Crippen LogP contribution in [0, 0.1) is 34.9 Å². The molecule has 0 bridgehead atoms. The Kier molecular flexibility index (Phi) is 5.50. The maximum absolute atomic E-state index is 14.2. The van der Waals surface area contributed by atoms with Crippen molar-refractivity contribution in [2.24, 2.45) is 29.1 Å². The quantitative estimate of drug-likeness (QED) is 0.356. The highest BCUT2D eigenvalue weighted by Gasteiger charge is 2.63. The van der Waals surface area contributed by atoms with Crippen LogP contribution in [0.2, 0.25) is 0 Å². The van der Waals surface area contributed by atoms with Crippen LogP contribution in [-0.4, -0.2) is 23.4 Å². The molecule has 5 nitrogen and oxygen atoms in total. The Morgan fingerprint density at radius 2 is 1.73 bits per heavy atom. The van der Waals surface area contributed by atoms with Crippen molar-refractivity contribution in [3.8, 4) is 0 Å². The van der Waals surface area contributed by atoms with E-state index in [0.717, 1.165) is 5.57 Å². The molecule has 2 aromatic carbocycles. The van der Waals surface area contributed by atoms with E-state index >= 15 is 0 Å². The largest absolute Gasteiger partial charge is 0.294 e. The summed E-state index contributed by atoms with van der Waals surface area (Å²) < 4.78 is 14.5. The lowest BCUT2D eigenvalue weighted by atomic mass is 9.47. The first kappa shape index (κ1) is 24.2. The molecule has 1 saturated carbocycles. The fourth-order valence-electron chi connectivity index (χ4n) is 7.30. The lowest BCUT2D eigenvalue weighted by Crippen LogP contribution is -2.54. The summed E-state index contributed by atoms with van der Waals surface area (Å²) in [6, 6.07) is 13.6. The monoisotopic (exact) mass is 561 g/mol. The number of imide groups is 1. The summed E-state index contributed by atoms with van der Waals surface area (Å²) in [5.41, 5.74) is 1.47. The van der Waals surface area contributed by atoms with E-state index in [-0.39, 0.29) is 33.8 Å². The number of amides is 2. The number of benzene rings is 2. The molecule has 4 aliphatic rings. The van der Waals surface area contributed by atoms with Gasteiger partial charge >= 0.3 is 0 Å². The van der Waals surface area contributed by atoms with Gasteiger partial charge in [-0.2, -0.15) is 0 Å². The minimum absolute atomic E-state index is 0.108. The number of hydrogen-bond acceptors (Lipinski definition) is 4. The lowest BCUT2D eigenvalue weighted by Gasteiger charge is -2.53. The highest BCUT2D eigenvalue weighted by atomic mass is 79.9.